The minimum absolute atomic E-state index is 0.137. The van der Waals surface area contributed by atoms with Gasteiger partial charge >= 0.3 is 5.97 Å². The van der Waals surface area contributed by atoms with Crippen molar-refractivity contribution in [1.82, 2.24) is 4.98 Å². The molecule has 0 spiro atoms. The first-order chi connectivity index (χ1) is 13.5. The molecule has 3 aromatic rings. The standard InChI is InChI=1S/C22H18FNO3S/c1-13(20(25)17-6-5-14-3-2-4-16(14)11-17)27-22(26)19-12-28-21(24-19)15-7-9-18(23)10-8-15/h5-13H,2-4H2,1H3/t13-/m1/s1. The summed E-state index contributed by atoms with van der Waals surface area (Å²) in [7, 11) is 0. The number of carbonyl (C=O) groups is 2. The number of esters is 1. The number of halogens is 1. The predicted octanol–water partition coefficient (Wildman–Crippen LogP) is 4.87. The van der Waals surface area contributed by atoms with Gasteiger partial charge < -0.3 is 4.74 Å². The molecule has 2 aromatic carbocycles. The summed E-state index contributed by atoms with van der Waals surface area (Å²) in [5.41, 5.74) is 3.90. The second kappa shape index (κ2) is 7.64. The van der Waals surface area contributed by atoms with Crippen LogP contribution in [0.5, 0.6) is 0 Å². The lowest BCUT2D eigenvalue weighted by molar-refractivity contribution is 0.0314. The molecule has 0 N–H and O–H groups in total. The molecule has 0 saturated heterocycles. The number of aromatic nitrogens is 1. The first kappa shape index (κ1) is 18.5. The van der Waals surface area contributed by atoms with Gasteiger partial charge in [-0.1, -0.05) is 12.1 Å². The van der Waals surface area contributed by atoms with E-state index < -0.39 is 12.1 Å². The van der Waals surface area contributed by atoms with Crippen LogP contribution in [0.15, 0.2) is 47.8 Å². The number of carbonyl (C=O) groups excluding carboxylic acids is 2. The minimum atomic E-state index is -0.900. The van der Waals surface area contributed by atoms with Gasteiger partial charge in [0.1, 0.15) is 10.8 Å². The van der Waals surface area contributed by atoms with Crippen molar-refractivity contribution in [2.24, 2.45) is 0 Å². The number of aryl methyl sites for hydroxylation is 2. The largest absolute Gasteiger partial charge is 0.450 e. The lowest BCUT2D eigenvalue weighted by Gasteiger charge is -2.12. The number of fused-ring (bicyclic) bond motifs is 1. The van der Waals surface area contributed by atoms with Crippen LogP contribution in [0.1, 0.15) is 45.3 Å². The van der Waals surface area contributed by atoms with Crippen LogP contribution < -0.4 is 0 Å². The number of benzene rings is 2. The van der Waals surface area contributed by atoms with Gasteiger partial charge in [-0.3, -0.25) is 4.79 Å². The SMILES string of the molecule is C[C@@H](OC(=O)c1csc(-c2ccc(F)cc2)n1)C(=O)c1ccc2c(c1)CCC2. The van der Waals surface area contributed by atoms with Gasteiger partial charge in [0.25, 0.3) is 0 Å². The molecule has 0 amide bonds. The first-order valence-electron chi connectivity index (χ1n) is 9.10. The zero-order valence-electron chi connectivity index (χ0n) is 15.3. The maximum atomic E-state index is 13.0. The van der Waals surface area contributed by atoms with E-state index in [2.05, 4.69) is 4.98 Å². The summed E-state index contributed by atoms with van der Waals surface area (Å²) in [4.78, 5) is 29.3. The van der Waals surface area contributed by atoms with Crippen LogP contribution in [0.25, 0.3) is 10.6 Å². The summed E-state index contributed by atoms with van der Waals surface area (Å²) in [5, 5.41) is 2.16. The Bertz CT molecular complexity index is 1040. The molecule has 0 radical (unpaired) electrons. The molecule has 28 heavy (non-hydrogen) atoms. The number of Topliss-reactive ketones (excluding diaryl/α,β-unsaturated/α-hetero) is 1. The smallest absolute Gasteiger partial charge is 0.358 e. The maximum absolute atomic E-state index is 13.0. The third-order valence-electron chi connectivity index (χ3n) is 4.84. The van der Waals surface area contributed by atoms with Crippen LogP contribution in [0, 0.1) is 5.82 Å². The fraction of sp³-hybridized carbons (Fsp3) is 0.227. The molecular formula is C22H18FNO3S. The lowest BCUT2D eigenvalue weighted by Crippen LogP contribution is -2.24. The van der Waals surface area contributed by atoms with Crippen LogP contribution in [0.2, 0.25) is 0 Å². The highest BCUT2D eigenvalue weighted by atomic mass is 32.1. The van der Waals surface area contributed by atoms with E-state index in [1.165, 1.54) is 34.6 Å². The van der Waals surface area contributed by atoms with Crippen molar-refractivity contribution in [3.8, 4) is 10.6 Å². The van der Waals surface area contributed by atoms with Gasteiger partial charge in [-0.15, -0.1) is 11.3 Å². The van der Waals surface area contributed by atoms with Gasteiger partial charge in [0.05, 0.1) is 0 Å². The average molecular weight is 395 g/mol. The molecule has 0 unspecified atom stereocenters. The van der Waals surface area contributed by atoms with E-state index >= 15 is 0 Å². The van der Waals surface area contributed by atoms with Crippen LogP contribution in [-0.4, -0.2) is 22.8 Å². The molecule has 142 valence electrons. The van der Waals surface area contributed by atoms with E-state index in [0.29, 0.717) is 16.1 Å². The highest BCUT2D eigenvalue weighted by molar-refractivity contribution is 7.13. The average Bonchev–Trinajstić information content (AvgIpc) is 3.37. The van der Waals surface area contributed by atoms with Gasteiger partial charge in [-0.05, 0) is 67.6 Å². The van der Waals surface area contributed by atoms with E-state index in [4.69, 9.17) is 4.74 Å². The van der Waals surface area contributed by atoms with Crippen molar-refractivity contribution in [2.75, 3.05) is 0 Å². The molecule has 1 aromatic heterocycles. The molecule has 0 saturated carbocycles. The van der Waals surface area contributed by atoms with E-state index in [9.17, 15) is 14.0 Å². The van der Waals surface area contributed by atoms with Gasteiger partial charge in [-0.2, -0.15) is 0 Å². The molecule has 4 rings (SSSR count). The fourth-order valence-electron chi connectivity index (χ4n) is 3.33. The van der Waals surface area contributed by atoms with E-state index in [-0.39, 0.29) is 17.3 Å². The number of hydrogen-bond acceptors (Lipinski definition) is 5. The second-order valence-electron chi connectivity index (χ2n) is 6.79. The van der Waals surface area contributed by atoms with Crippen LogP contribution in [-0.2, 0) is 17.6 Å². The van der Waals surface area contributed by atoms with Crippen molar-refractivity contribution < 1.29 is 18.7 Å². The number of ketones is 1. The summed E-state index contributed by atoms with van der Waals surface area (Å²) >= 11 is 1.26. The molecule has 0 aliphatic heterocycles. The molecule has 1 heterocycles. The predicted molar refractivity (Wildman–Crippen MR) is 105 cm³/mol. The molecule has 0 fully saturated rings. The topological polar surface area (TPSA) is 56.3 Å². The zero-order valence-corrected chi connectivity index (χ0v) is 16.1. The van der Waals surface area contributed by atoms with Crippen molar-refractivity contribution in [2.45, 2.75) is 32.3 Å². The van der Waals surface area contributed by atoms with E-state index in [1.54, 1.807) is 30.5 Å². The third-order valence-corrected chi connectivity index (χ3v) is 5.73. The summed E-state index contributed by atoms with van der Waals surface area (Å²) in [6.07, 6.45) is 2.24. The highest BCUT2D eigenvalue weighted by Gasteiger charge is 2.23. The zero-order chi connectivity index (χ0) is 19.7. The minimum Gasteiger partial charge on any atom is -0.450 e. The summed E-state index contributed by atoms with van der Waals surface area (Å²) in [5.74, 6) is -1.21. The monoisotopic (exact) mass is 395 g/mol. The Balaban J connectivity index is 1.44. The van der Waals surface area contributed by atoms with Gasteiger partial charge in [0.15, 0.2) is 11.8 Å². The highest BCUT2D eigenvalue weighted by Crippen LogP contribution is 2.25. The first-order valence-corrected chi connectivity index (χ1v) is 9.97. The molecule has 4 nitrogen and oxygen atoms in total. The van der Waals surface area contributed by atoms with Crippen molar-refractivity contribution in [3.05, 3.63) is 76.0 Å². The summed E-state index contributed by atoms with van der Waals surface area (Å²) in [6.45, 7) is 1.57. The van der Waals surface area contributed by atoms with Gasteiger partial charge in [0.2, 0.25) is 5.78 Å². The number of hydrogen-bond donors (Lipinski definition) is 0. The molecule has 6 heteroatoms. The molecule has 1 atom stereocenters. The lowest BCUT2D eigenvalue weighted by atomic mass is 10.0. The Kier molecular flexibility index (Phi) is 5.05. The second-order valence-corrected chi connectivity index (χ2v) is 7.65. The van der Waals surface area contributed by atoms with Crippen molar-refractivity contribution in [3.63, 3.8) is 0 Å². The Morgan fingerprint density at radius 2 is 1.86 bits per heavy atom. The van der Waals surface area contributed by atoms with E-state index in [0.717, 1.165) is 19.3 Å². The van der Waals surface area contributed by atoms with Crippen molar-refractivity contribution >= 4 is 23.1 Å². The van der Waals surface area contributed by atoms with Gasteiger partial charge in [-0.25, -0.2) is 14.2 Å². The number of thiazole rings is 1. The van der Waals surface area contributed by atoms with E-state index in [1.807, 2.05) is 12.1 Å². The molecule has 1 aliphatic rings. The maximum Gasteiger partial charge on any atom is 0.358 e. The number of ether oxygens (including phenoxy) is 1. The van der Waals surface area contributed by atoms with Gasteiger partial charge in [0, 0.05) is 16.5 Å². The number of rotatable bonds is 5. The fourth-order valence-corrected chi connectivity index (χ4v) is 4.12. The Morgan fingerprint density at radius 1 is 1.11 bits per heavy atom. The molecule has 1 aliphatic carbocycles. The third kappa shape index (κ3) is 3.73. The molecule has 0 bridgehead atoms. The summed E-state index contributed by atoms with van der Waals surface area (Å²) < 4.78 is 18.4. The van der Waals surface area contributed by atoms with Crippen molar-refractivity contribution in [1.29, 1.82) is 0 Å². The quantitative estimate of drug-likeness (QED) is 0.457. The Labute approximate surface area is 166 Å². The van der Waals surface area contributed by atoms with Crippen LogP contribution in [0.3, 0.4) is 0 Å². The number of nitrogens with zero attached hydrogens (tertiary/aromatic N) is 1. The summed E-state index contributed by atoms with van der Waals surface area (Å²) in [6, 6.07) is 11.6. The molecular weight excluding hydrogens is 377 g/mol. The van der Waals surface area contributed by atoms with Crippen LogP contribution in [0.4, 0.5) is 4.39 Å². The normalized spacial score (nSPS) is 13.8. The Morgan fingerprint density at radius 3 is 2.64 bits per heavy atom. The Hall–Kier alpha value is -2.86. The van der Waals surface area contributed by atoms with Crippen LogP contribution >= 0.6 is 11.3 Å².